The molecule has 1 saturated heterocycles. The van der Waals surface area contributed by atoms with Crippen molar-refractivity contribution in [1.82, 2.24) is 14.3 Å². The van der Waals surface area contributed by atoms with E-state index in [1.165, 1.54) is 28.7 Å². The number of nitrogen functional groups attached to an aromatic ring is 1. The molecule has 2 heterocycles. The Hall–Kier alpha value is -2.91. The molecule has 1 aromatic heterocycles. The predicted octanol–water partition coefficient (Wildman–Crippen LogP) is 3.92. The molecule has 4 rings (SSSR count). The number of hydrogen-bond acceptors (Lipinski definition) is 5. The van der Waals surface area contributed by atoms with Gasteiger partial charge in [0.25, 0.3) is 0 Å². The Morgan fingerprint density at radius 2 is 1.73 bits per heavy atom. The highest BCUT2D eigenvalue weighted by molar-refractivity contribution is 7.89. The second-order valence-electron chi connectivity index (χ2n) is 7.09. The lowest BCUT2D eigenvalue weighted by Gasteiger charge is -2.35. The van der Waals surface area contributed by atoms with Gasteiger partial charge in [0.05, 0.1) is 16.6 Å². The molecule has 9 heteroatoms. The third-order valence-corrected chi connectivity index (χ3v) is 7.11. The second kappa shape index (κ2) is 8.08. The first-order valence-electron chi connectivity index (χ1n) is 9.52. The first-order chi connectivity index (χ1) is 14.4. The molecule has 2 aromatic carbocycles. The molecule has 0 radical (unpaired) electrons. The van der Waals surface area contributed by atoms with Crippen LogP contribution in [0.5, 0.6) is 0 Å². The van der Waals surface area contributed by atoms with Gasteiger partial charge in [-0.25, -0.2) is 27.2 Å². The van der Waals surface area contributed by atoms with Gasteiger partial charge >= 0.3 is 0 Å². The van der Waals surface area contributed by atoms with Gasteiger partial charge in [-0.2, -0.15) is 4.31 Å². The van der Waals surface area contributed by atoms with Crippen molar-refractivity contribution in [1.29, 1.82) is 0 Å². The number of hydrogen-bond donors (Lipinski definition) is 1. The van der Waals surface area contributed by atoms with Crippen molar-refractivity contribution < 1.29 is 17.2 Å². The first-order valence-corrected chi connectivity index (χ1v) is 11.0. The number of anilines is 1. The Balaban J connectivity index is 1.83. The van der Waals surface area contributed by atoms with E-state index in [9.17, 15) is 17.2 Å². The van der Waals surface area contributed by atoms with Crippen LogP contribution in [-0.4, -0.2) is 29.2 Å². The number of aromatic nitrogens is 2. The van der Waals surface area contributed by atoms with Crippen LogP contribution >= 0.6 is 0 Å². The largest absolute Gasteiger partial charge is 0.368 e. The Kier molecular flexibility index (Phi) is 5.48. The fourth-order valence-electron chi connectivity index (χ4n) is 3.76. The normalized spacial score (nSPS) is 17.7. The van der Waals surface area contributed by atoms with E-state index in [4.69, 9.17) is 5.73 Å². The van der Waals surface area contributed by atoms with Crippen molar-refractivity contribution in [3.05, 3.63) is 72.1 Å². The molecule has 2 N–H and O–H groups in total. The Labute approximate surface area is 173 Å². The molecule has 0 saturated carbocycles. The van der Waals surface area contributed by atoms with Crippen molar-refractivity contribution >= 4 is 16.0 Å². The van der Waals surface area contributed by atoms with Crippen LogP contribution in [0.3, 0.4) is 0 Å². The van der Waals surface area contributed by atoms with Gasteiger partial charge in [0.15, 0.2) is 0 Å². The minimum Gasteiger partial charge on any atom is -0.368 e. The molecule has 1 aliphatic rings. The van der Waals surface area contributed by atoms with Crippen molar-refractivity contribution in [2.45, 2.75) is 30.2 Å². The topological polar surface area (TPSA) is 89.2 Å². The zero-order valence-corrected chi connectivity index (χ0v) is 16.8. The lowest BCUT2D eigenvalue weighted by atomic mass is 9.95. The van der Waals surface area contributed by atoms with Gasteiger partial charge in [-0.3, -0.25) is 0 Å². The molecule has 6 nitrogen and oxygen atoms in total. The molecule has 0 aliphatic carbocycles. The number of sulfonamides is 1. The highest BCUT2D eigenvalue weighted by Crippen LogP contribution is 2.39. The fourth-order valence-corrected chi connectivity index (χ4v) is 5.42. The number of benzene rings is 2. The van der Waals surface area contributed by atoms with Crippen molar-refractivity contribution in [3.8, 4) is 11.1 Å². The Morgan fingerprint density at radius 3 is 2.47 bits per heavy atom. The van der Waals surface area contributed by atoms with Gasteiger partial charge in [-0.15, -0.1) is 0 Å². The van der Waals surface area contributed by atoms with E-state index in [1.807, 2.05) is 0 Å². The molecular weight excluding hydrogens is 410 g/mol. The molecule has 3 aromatic rings. The molecule has 0 spiro atoms. The third kappa shape index (κ3) is 3.78. The number of piperidine rings is 1. The second-order valence-corrected chi connectivity index (χ2v) is 8.98. The monoisotopic (exact) mass is 430 g/mol. The smallest absolute Gasteiger partial charge is 0.243 e. The highest BCUT2D eigenvalue weighted by Gasteiger charge is 2.37. The number of nitrogens with two attached hydrogens (primary N) is 1. The van der Waals surface area contributed by atoms with E-state index in [1.54, 1.807) is 18.2 Å². The van der Waals surface area contributed by atoms with E-state index in [-0.39, 0.29) is 23.0 Å². The number of rotatable bonds is 4. The van der Waals surface area contributed by atoms with Crippen LogP contribution in [-0.2, 0) is 10.0 Å². The number of halogens is 2. The summed E-state index contributed by atoms with van der Waals surface area (Å²) >= 11 is 0. The molecule has 1 aliphatic heterocycles. The van der Waals surface area contributed by atoms with Crippen LogP contribution in [0.15, 0.2) is 59.6 Å². The predicted molar refractivity (Wildman–Crippen MR) is 109 cm³/mol. The van der Waals surface area contributed by atoms with Crippen LogP contribution in [0.4, 0.5) is 14.7 Å². The molecule has 1 atom stereocenters. The summed E-state index contributed by atoms with van der Waals surface area (Å²) in [6, 6.07) is 10.2. The standard InChI is InChI=1S/C21H20F2N4O2S/c22-14-8-10-15(11-9-14)30(28,29)27-12-4-3-7-19(27)20-17(13-25-21(24)26-20)16-5-1-2-6-18(16)23/h1-2,5-6,8-11,13,19H,3-4,7,12H2,(H2,24,25,26)/t19-/m0/s1. The van der Waals surface area contributed by atoms with Crippen molar-refractivity contribution in [2.24, 2.45) is 0 Å². The quantitative estimate of drug-likeness (QED) is 0.678. The van der Waals surface area contributed by atoms with E-state index in [0.717, 1.165) is 18.6 Å². The van der Waals surface area contributed by atoms with Gasteiger partial charge in [0, 0.05) is 23.9 Å². The van der Waals surface area contributed by atoms with Crippen LogP contribution < -0.4 is 5.73 Å². The minimum atomic E-state index is -3.93. The minimum absolute atomic E-state index is 0.00901. The van der Waals surface area contributed by atoms with Crippen LogP contribution in [0.1, 0.15) is 31.0 Å². The van der Waals surface area contributed by atoms with Crippen molar-refractivity contribution in [2.75, 3.05) is 12.3 Å². The molecule has 1 fully saturated rings. The Bertz CT molecular complexity index is 1170. The maximum atomic E-state index is 14.5. The summed E-state index contributed by atoms with van der Waals surface area (Å²) in [4.78, 5) is 8.31. The Morgan fingerprint density at radius 1 is 1.00 bits per heavy atom. The summed E-state index contributed by atoms with van der Waals surface area (Å²) < 4.78 is 55.8. The summed E-state index contributed by atoms with van der Waals surface area (Å²) in [5.74, 6) is -1.000. The van der Waals surface area contributed by atoms with E-state index in [2.05, 4.69) is 9.97 Å². The zero-order valence-electron chi connectivity index (χ0n) is 16.0. The molecule has 30 heavy (non-hydrogen) atoms. The lowest BCUT2D eigenvalue weighted by molar-refractivity contribution is 0.252. The molecule has 0 unspecified atom stereocenters. The van der Waals surface area contributed by atoms with Crippen molar-refractivity contribution in [3.63, 3.8) is 0 Å². The molecule has 156 valence electrons. The van der Waals surface area contributed by atoms with Gasteiger partial charge < -0.3 is 5.73 Å². The summed E-state index contributed by atoms with van der Waals surface area (Å²) in [5.41, 5.74) is 6.84. The summed E-state index contributed by atoms with van der Waals surface area (Å²) in [7, 11) is -3.93. The summed E-state index contributed by atoms with van der Waals surface area (Å²) in [6.07, 6.45) is 3.37. The summed E-state index contributed by atoms with van der Waals surface area (Å²) in [6.45, 7) is 0.269. The zero-order chi connectivity index (χ0) is 21.3. The van der Waals surface area contributed by atoms with E-state index >= 15 is 0 Å². The summed E-state index contributed by atoms with van der Waals surface area (Å²) in [5, 5.41) is 0. The van der Waals surface area contributed by atoms with E-state index in [0.29, 0.717) is 24.1 Å². The maximum Gasteiger partial charge on any atom is 0.243 e. The molecular formula is C21H20F2N4O2S. The SMILES string of the molecule is Nc1ncc(-c2ccccc2F)c([C@@H]2CCCCN2S(=O)(=O)c2ccc(F)cc2)n1. The first kappa shape index (κ1) is 20.4. The van der Waals surface area contributed by atoms with Gasteiger partial charge in [-0.05, 0) is 43.2 Å². The fraction of sp³-hybridized carbons (Fsp3) is 0.238. The van der Waals surface area contributed by atoms with Crippen LogP contribution in [0.2, 0.25) is 0 Å². The lowest BCUT2D eigenvalue weighted by Crippen LogP contribution is -2.39. The van der Waals surface area contributed by atoms with Gasteiger partial charge in [0.2, 0.25) is 16.0 Å². The molecule has 0 amide bonds. The third-order valence-electron chi connectivity index (χ3n) is 5.19. The van der Waals surface area contributed by atoms with Gasteiger partial charge in [-0.1, -0.05) is 24.6 Å². The molecule has 0 bridgehead atoms. The average molecular weight is 430 g/mol. The number of nitrogens with zero attached hydrogens (tertiary/aromatic N) is 3. The van der Waals surface area contributed by atoms with Crippen LogP contribution in [0.25, 0.3) is 11.1 Å². The maximum absolute atomic E-state index is 14.5. The van der Waals surface area contributed by atoms with Gasteiger partial charge in [0.1, 0.15) is 11.6 Å². The average Bonchev–Trinajstić information content (AvgIpc) is 2.75. The van der Waals surface area contributed by atoms with Crippen LogP contribution in [0, 0.1) is 11.6 Å². The van der Waals surface area contributed by atoms with E-state index < -0.39 is 27.7 Å². The highest BCUT2D eigenvalue weighted by atomic mass is 32.2.